The number of rotatable bonds is 12. The number of methoxy groups -OCH3 is 1. The minimum absolute atomic E-state index is 0.169. The van der Waals surface area contributed by atoms with Gasteiger partial charge in [-0.25, -0.2) is 0 Å². The van der Waals surface area contributed by atoms with E-state index < -0.39 is 0 Å². The van der Waals surface area contributed by atoms with Crippen LogP contribution in [0.25, 0.3) is 0 Å². The minimum atomic E-state index is -0.169. The van der Waals surface area contributed by atoms with Crippen molar-refractivity contribution in [3.63, 3.8) is 0 Å². The van der Waals surface area contributed by atoms with Crippen molar-refractivity contribution in [1.29, 1.82) is 0 Å². The zero-order chi connectivity index (χ0) is 14.7. The average molecular weight is 274 g/mol. The molecule has 0 spiro atoms. The van der Waals surface area contributed by atoms with Crippen LogP contribution in [0.5, 0.6) is 0 Å². The highest BCUT2D eigenvalue weighted by Gasteiger charge is 2.13. The van der Waals surface area contributed by atoms with Crippen molar-refractivity contribution in [3.05, 3.63) is 0 Å². The van der Waals surface area contributed by atoms with Gasteiger partial charge in [0.25, 0.3) is 0 Å². The molecule has 0 aromatic rings. The van der Waals surface area contributed by atoms with E-state index in [1.54, 1.807) is 7.11 Å². The Labute approximate surface area is 119 Å². The van der Waals surface area contributed by atoms with Crippen LogP contribution in [0.1, 0.15) is 59.8 Å². The molecule has 0 aliphatic heterocycles. The maximum Gasteiger partial charge on any atom is 0.146 e. The van der Waals surface area contributed by atoms with Crippen LogP contribution in [0.3, 0.4) is 0 Å². The third-order valence-electron chi connectivity index (χ3n) is 3.54. The van der Waals surface area contributed by atoms with Crippen LogP contribution in [-0.4, -0.2) is 31.7 Å². The molecule has 0 aliphatic rings. The van der Waals surface area contributed by atoms with E-state index in [1.165, 1.54) is 19.3 Å². The van der Waals surface area contributed by atoms with Crippen LogP contribution in [0.4, 0.5) is 0 Å². The Morgan fingerprint density at radius 3 is 2.05 bits per heavy atom. The molecule has 116 valence electrons. The highest BCUT2D eigenvalue weighted by atomic mass is 16.7. The second-order valence-corrected chi connectivity index (χ2v) is 6.33. The van der Waals surface area contributed by atoms with Crippen LogP contribution in [0, 0.1) is 17.8 Å². The van der Waals surface area contributed by atoms with Gasteiger partial charge in [0, 0.05) is 13.7 Å². The summed E-state index contributed by atoms with van der Waals surface area (Å²) in [7, 11) is 1.65. The van der Waals surface area contributed by atoms with Gasteiger partial charge in [0.2, 0.25) is 0 Å². The smallest absolute Gasteiger partial charge is 0.146 e. The van der Waals surface area contributed by atoms with Crippen molar-refractivity contribution in [3.8, 4) is 0 Å². The van der Waals surface area contributed by atoms with E-state index >= 15 is 0 Å². The predicted molar refractivity (Wildman–Crippen MR) is 80.1 cm³/mol. The molecule has 0 amide bonds. The van der Waals surface area contributed by atoms with Gasteiger partial charge < -0.3 is 14.6 Å². The molecular weight excluding hydrogens is 240 g/mol. The standard InChI is InChI=1S/C16H34O3/c1-13(7-6-8-19-12-18-5)9-14(2)10-15(3)11-16(4)17/h13-17H,6-12H2,1-5H3. The van der Waals surface area contributed by atoms with E-state index in [9.17, 15) is 5.11 Å². The molecule has 3 heteroatoms. The summed E-state index contributed by atoms with van der Waals surface area (Å²) in [4.78, 5) is 0. The zero-order valence-electron chi connectivity index (χ0n) is 13.5. The molecule has 0 aromatic heterocycles. The fraction of sp³-hybridized carbons (Fsp3) is 1.00. The van der Waals surface area contributed by atoms with Crippen LogP contribution < -0.4 is 0 Å². The van der Waals surface area contributed by atoms with Crippen molar-refractivity contribution in [1.82, 2.24) is 0 Å². The van der Waals surface area contributed by atoms with E-state index in [1.807, 2.05) is 6.92 Å². The zero-order valence-corrected chi connectivity index (χ0v) is 13.5. The van der Waals surface area contributed by atoms with Crippen molar-refractivity contribution < 1.29 is 14.6 Å². The fourth-order valence-corrected chi connectivity index (χ4v) is 2.94. The van der Waals surface area contributed by atoms with Crippen LogP contribution >= 0.6 is 0 Å². The molecule has 0 saturated heterocycles. The number of hydrogen-bond acceptors (Lipinski definition) is 3. The van der Waals surface area contributed by atoms with Gasteiger partial charge in [0.15, 0.2) is 0 Å². The molecule has 3 nitrogen and oxygen atoms in total. The lowest BCUT2D eigenvalue weighted by atomic mass is 9.86. The number of ether oxygens (including phenoxy) is 2. The third kappa shape index (κ3) is 12.6. The van der Waals surface area contributed by atoms with E-state index in [0.29, 0.717) is 12.7 Å². The Balaban J connectivity index is 3.59. The van der Waals surface area contributed by atoms with Crippen LogP contribution in [0.2, 0.25) is 0 Å². The van der Waals surface area contributed by atoms with Crippen molar-refractivity contribution in [2.45, 2.75) is 65.9 Å². The topological polar surface area (TPSA) is 38.7 Å². The first-order valence-corrected chi connectivity index (χ1v) is 7.70. The Morgan fingerprint density at radius 1 is 0.895 bits per heavy atom. The molecule has 0 fully saturated rings. The Kier molecular flexibility index (Phi) is 11.6. The molecule has 0 aliphatic carbocycles. The Morgan fingerprint density at radius 2 is 1.47 bits per heavy atom. The SMILES string of the molecule is COCOCCCC(C)CC(C)CC(C)CC(C)O. The maximum atomic E-state index is 9.38. The first-order valence-electron chi connectivity index (χ1n) is 7.70. The summed E-state index contributed by atoms with van der Waals surface area (Å²) >= 11 is 0. The second-order valence-electron chi connectivity index (χ2n) is 6.33. The lowest BCUT2D eigenvalue weighted by molar-refractivity contribution is -0.0323. The van der Waals surface area contributed by atoms with Gasteiger partial charge in [0.1, 0.15) is 6.79 Å². The van der Waals surface area contributed by atoms with Gasteiger partial charge in [-0.05, 0) is 56.8 Å². The van der Waals surface area contributed by atoms with E-state index in [0.717, 1.165) is 31.3 Å². The lowest BCUT2D eigenvalue weighted by Crippen LogP contribution is -2.12. The third-order valence-corrected chi connectivity index (χ3v) is 3.54. The molecule has 0 rings (SSSR count). The minimum Gasteiger partial charge on any atom is -0.393 e. The van der Waals surface area contributed by atoms with E-state index in [-0.39, 0.29) is 6.10 Å². The number of aliphatic hydroxyl groups excluding tert-OH is 1. The maximum absolute atomic E-state index is 9.38. The van der Waals surface area contributed by atoms with Gasteiger partial charge >= 0.3 is 0 Å². The van der Waals surface area contributed by atoms with Gasteiger partial charge in [-0.2, -0.15) is 0 Å². The largest absolute Gasteiger partial charge is 0.393 e. The molecule has 0 aromatic carbocycles. The summed E-state index contributed by atoms with van der Waals surface area (Å²) in [5.74, 6) is 2.11. The monoisotopic (exact) mass is 274 g/mol. The summed E-state index contributed by atoms with van der Waals surface area (Å²) in [5, 5.41) is 9.38. The normalized spacial score (nSPS) is 18.0. The van der Waals surface area contributed by atoms with Gasteiger partial charge in [-0.15, -0.1) is 0 Å². The van der Waals surface area contributed by atoms with E-state index in [2.05, 4.69) is 20.8 Å². The van der Waals surface area contributed by atoms with Crippen molar-refractivity contribution in [2.75, 3.05) is 20.5 Å². The summed E-state index contributed by atoms with van der Waals surface area (Å²) in [6.45, 7) is 9.98. The molecular formula is C16H34O3. The summed E-state index contributed by atoms with van der Waals surface area (Å²) in [6.07, 6.45) is 5.57. The van der Waals surface area contributed by atoms with Gasteiger partial charge in [-0.3, -0.25) is 0 Å². The van der Waals surface area contributed by atoms with Gasteiger partial charge in [0.05, 0.1) is 6.10 Å². The van der Waals surface area contributed by atoms with Gasteiger partial charge in [-0.1, -0.05) is 20.8 Å². The lowest BCUT2D eigenvalue weighted by Gasteiger charge is -2.21. The molecule has 19 heavy (non-hydrogen) atoms. The summed E-state index contributed by atoms with van der Waals surface area (Å²) in [5.41, 5.74) is 0. The highest BCUT2D eigenvalue weighted by molar-refractivity contribution is 4.65. The molecule has 0 radical (unpaired) electrons. The molecule has 0 saturated carbocycles. The quantitative estimate of drug-likeness (QED) is 0.434. The predicted octanol–water partition coefficient (Wildman–Crippen LogP) is 3.85. The van der Waals surface area contributed by atoms with E-state index in [4.69, 9.17) is 9.47 Å². The summed E-state index contributed by atoms with van der Waals surface area (Å²) in [6, 6.07) is 0. The number of hydrogen-bond donors (Lipinski definition) is 1. The van der Waals surface area contributed by atoms with Crippen LogP contribution in [-0.2, 0) is 9.47 Å². The van der Waals surface area contributed by atoms with Crippen molar-refractivity contribution in [2.24, 2.45) is 17.8 Å². The molecule has 0 bridgehead atoms. The molecule has 0 heterocycles. The Hall–Kier alpha value is -0.120. The first kappa shape index (κ1) is 18.9. The Bertz CT molecular complexity index is 194. The molecule has 4 atom stereocenters. The second kappa shape index (κ2) is 11.7. The average Bonchev–Trinajstić information content (AvgIpc) is 2.26. The molecule has 1 N–H and O–H groups in total. The summed E-state index contributed by atoms with van der Waals surface area (Å²) < 4.78 is 10.1. The highest BCUT2D eigenvalue weighted by Crippen LogP contribution is 2.24. The van der Waals surface area contributed by atoms with Crippen LogP contribution in [0.15, 0.2) is 0 Å². The van der Waals surface area contributed by atoms with Crippen molar-refractivity contribution >= 4 is 0 Å². The first-order chi connectivity index (χ1) is 8.95. The fourth-order valence-electron chi connectivity index (χ4n) is 2.94. The number of aliphatic hydroxyl groups is 1. The molecule has 4 unspecified atom stereocenters.